The Morgan fingerprint density at radius 1 is 1.07 bits per heavy atom. The van der Waals surface area contributed by atoms with Crippen LogP contribution in [0.2, 0.25) is 10.0 Å². The minimum Gasteiger partial charge on any atom is -0.507 e. The van der Waals surface area contributed by atoms with Gasteiger partial charge in [-0.15, -0.1) is 0 Å². The molecule has 0 amide bonds. The first-order valence-corrected chi connectivity index (χ1v) is 8.61. The van der Waals surface area contributed by atoms with E-state index in [0.29, 0.717) is 27.6 Å². The highest BCUT2D eigenvalue weighted by atomic mass is 35.5. The number of halogens is 2. The van der Waals surface area contributed by atoms with E-state index >= 15 is 0 Å². The lowest BCUT2D eigenvalue weighted by molar-refractivity contribution is -0.139. The van der Waals surface area contributed by atoms with E-state index in [9.17, 15) is 9.90 Å². The monoisotopic (exact) mass is 404 g/mol. The predicted octanol–water partition coefficient (Wildman–Crippen LogP) is 4.21. The molecule has 0 radical (unpaired) electrons. The summed E-state index contributed by atoms with van der Waals surface area (Å²) in [4.78, 5) is 10.6. The Morgan fingerprint density at radius 3 is 2.44 bits per heavy atom. The quantitative estimate of drug-likeness (QED) is 0.638. The van der Waals surface area contributed by atoms with Crippen LogP contribution in [0.5, 0.6) is 11.5 Å². The highest BCUT2D eigenvalue weighted by Crippen LogP contribution is 2.34. The summed E-state index contributed by atoms with van der Waals surface area (Å²) in [6.07, 6.45) is 3.53. The van der Waals surface area contributed by atoms with Gasteiger partial charge in [0.2, 0.25) is 0 Å². The van der Waals surface area contributed by atoms with Crippen LogP contribution in [-0.2, 0) is 11.2 Å². The number of carboxylic acids is 1. The molecule has 138 valence electrons. The maximum Gasteiger partial charge on any atom is 0.341 e. The Kier molecular flexibility index (Phi) is 5.78. The lowest BCUT2D eigenvalue weighted by atomic mass is 9.99. The SMILES string of the molecule is O=C(O)COc1cc(Cl)c(Cc2ccc(O)c(-c3ccnnc3)c2)c(Cl)c1. The second-order valence-corrected chi connectivity index (χ2v) is 6.52. The van der Waals surface area contributed by atoms with Gasteiger partial charge in [0.25, 0.3) is 0 Å². The van der Waals surface area contributed by atoms with E-state index in [1.807, 2.05) is 6.07 Å². The first kappa shape index (κ1) is 18.9. The van der Waals surface area contributed by atoms with Gasteiger partial charge in [0.1, 0.15) is 11.5 Å². The van der Waals surface area contributed by atoms with Crippen molar-refractivity contribution in [3.8, 4) is 22.6 Å². The molecule has 0 saturated heterocycles. The number of carboxylic acid groups (broad SMARTS) is 1. The van der Waals surface area contributed by atoms with Gasteiger partial charge in [-0.05, 0) is 41.5 Å². The topological polar surface area (TPSA) is 92.5 Å². The van der Waals surface area contributed by atoms with E-state index in [4.69, 9.17) is 33.0 Å². The number of phenolic OH excluding ortho intramolecular Hbond substituents is 1. The molecule has 8 heteroatoms. The molecule has 0 bridgehead atoms. The summed E-state index contributed by atoms with van der Waals surface area (Å²) >= 11 is 12.6. The Labute approximate surface area is 165 Å². The van der Waals surface area contributed by atoms with E-state index in [1.54, 1.807) is 30.6 Å². The number of aliphatic carboxylic acids is 1. The van der Waals surface area contributed by atoms with Crippen LogP contribution < -0.4 is 4.74 Å². The molecule has 6 nitrogen and oxygen atoms in total. The van der Waals surface area contributed by atoms with Crippen LogP contribution in [0.1, 0.15) is 11.1 Å². The molecule has 0 saturated carbocycles. The van der Waals surface area contributed by atoms with Gasteiger partial charge >= 0.3 is 5.97 Å². The van der Waals surface area contributed by atoms with Crippen molar-refractivity contribution in [3.05, 3.63) is 70.0 Å². The van der Waals surface area contributed by atoms with Gasteiger partial charge in [-0.3, -0.25) is 0 Å². The van der Waals surface area contributed by atoms with Crippen LogP contribution in [-0.4, -0.2) is 33.0 Å². The Balaban J connectivity index is 1.88. The molecule has 0 fully saturated rings. The van der Waals surface area contributed by atoms with Gasteiger partial charge < -0.3 is 14.9 Å². The minimum atomic E-state index is -1.09. The lowest BCUT2D eigenvalue weighted by Crippen LogP contribution is -2.09. The molecule has 0 unspecified atom stereocenters. The fourth-order valence-electron chi connectivity index (χ4n) is 2.56. The van der Waals surface area contributed by atoms with Crippen LogP contribution in [0.15, 0.2) is 48.8 Å². The van der Waals surface area contributed by atoms with Crippen LogP contribution in [0.4, 0.5) is 0 Å². The number of nitrogens with zero attached hydrogens (tertiary/aromatic N) is 2. The second-order valence-electron chi connectivity index (χ2n) is 5.71. The number of ether oxygens (including phenoxy) is 1. The Bertz CT molecular complexity index is 958. The van der Waals surface area contributed by atoms with Crippen molar-refractivity contribution in [2.45, 2.75) is 6.42 Å². The number of benzene rings is 2. The Morgan fingerprint density at radius 2 is 1.81 bits per heavy atom. The van der Waals surface area contributed by atoms with Crippen molar-refractivity contribution in [2.24, 2.45) is 0 Å². The maximum absolute atomic E-state index is 10.6. The molecule has 0 atom stereocenters. The summed E-state index contributed by atoms with van der Waals surface area (Å²) in [5, 5.41) is 27.1. The summed E-state index contributed by atoms with van der Waals surface area (Å²) < 4.78 is 5.11. The number of hydrogen-bond donors (Lipinski definition) is 2. The predicted molar refractivity (Wildman–Crippen MR) is 102 cm³/mol. The molecule has 3 aromatic rings. The summed E-state index contributed by atoms with van der Waals surface area (Å²) in [6.45, 7) is -0.479. The zero-order valence-corrected chi connectivity index (χ0v) is 15.4. The standard InChI is InChI=1S/C19H14Cl2N2O4/c20-16-7-13(27-10-19(25)26)8-17(21)15(16)6-11-1-2-18(24)14(5-11)12-3-4-22-23-9-12/h1-5,7-9,24H,6,10H2,(H,25,26). The number of carbonyl (C=O) groups is 1. The van der Waals surface area contributed by atoms with Crippen molar-refractivity contribution >= 4 is 29.2 Å². The van der Waals surface area contributed by atoms with Crippen molar-refractivity contribution in [3.63, 3.8) is 0 Å². The second kappa shape index (κ2) is 8.24. The number of hydrogen-bond acceptors (Lipinski definition) is 5. The van der Waals surface area contributed by atoms with Crippen LogP contribution in [0, 0.1) is 0 Å². The van der Waals surface area contributed by atoms with Crippen molar-refractivity contribution in [2.75, 3.05) is 6.61 Å². The van der Waals surface area contributed by atoms with Crippen LogP contribution >= 0.6 is 23.2 Å². The molecule has 27 heavy (non-hydrogen) atoms. The largest absolute Gasteiger partial charge is 0.507 e. The molecule has 1 heterocycles. The summed E-state index contributed by atoms with van der Waals surface area (Å²) in [5.74, 6) is -0.680. The van der Waals surface area contributed by atoms with Gasteiger partial charge in [-0.1, -0.05) is 29.3 Å². The third kappa shape index (κ3) is 4.67. The average Bonchev–Trinajstić information content (AvgIpc) is 2.65. The first-order valence-electron chi connectivity index (χ1n) is 7.85. The molecule has 3 rings (SSSR count). The molecular weight excluding hydrogens is 391 g/mol. The zero-order valence-electron chi connectivity index (χ0n) is 13.9. The van der Waals surface area contributed by atoms with Gasteiger partial charge in [0, 0.05) is 27.6 Å². The third-order valence-corrected chi connectivity index (χ3v) is 4.49. The molecule has 0 spiro atoms. The van der Waals surface area contributed by atoms with E-state index in [1.165, 1.54) is 12.1 Å². The minimum absolute atomic E-state index is 0.126. The van der Waals surface area contributed by atoms with Gasteiger partial charge in [0.05, 0.1) is 12.4 Å². The molecule has 2 aromatic carbocycles. The third-order valence-electron chi connectivity index (χ3n) is 3.81. The number of aromatic hydroxyl groups is 1. The molecule has 0 aliphatic rings. The van der Waals surface area contributed by atoms with E-state index in [2.05, 4.69) is 10.2 Å². The normalized spacial score (nSPS) is 10.6. The zero-order chi connectivity index (χ0) is 19.4. The van der Waals surface area contributed by atoms with E-state index in [0.717, 1.165) is 11.1 Å². The number of aromatic nitrogens is 2. The molecular formula is C19H14Cl2N2O4. The lowest BCUT2D eigenvalue weighted by Gasteiger charge is -2.12. The molecule has 0 aliphatic carbocycles. The highest BCUT2D eigenvalue weighted by molar-refractivity contribution is 6.36. The van der Waals surface area contributed by atoms with E-state index in [-0.39, 0.29) is 11.5 Å². The van der Waals surface area contributed by atoms with Gasteiger partial charge in [-0.2, -0.15) is 10.2 Å². The van der Waals surface area contributed by atoms with Crippen molar-refractivity contribution < 1.29 is 19.7 Å². The van der Waals surface area contributed by atoms with Gasteiger partial charge in [-0.25, -0.2) is 4.79 Å². The maximum atomic E-state index is 10.6. The average molecular weight is 405 g/mol. The van der Waals surface area contributed by atoms with E-state index < -0.39 is 12.6 Å². The molecule has 1 aromatic heterocycles. The Hall–Kier alpha value is -2.83. The number of rotatable bonds is 6. The fourth-order valence-corrected chi connectivity index (χ4v) is 3.16. The summed E-state index contributed by atoms with van der Waals surface area (Å²) in [6, 6.07) is 10.0. The highest BCUT2D eigenvalue weighted by Gasteiger charge is 2.13. The van der Waals surface area contributed by atoms with Gasteiger partial charge in [0.15, 0.2) is 6.61 Å². The number of phenols is 1. The molecule has 2 N–H and O–H groups in total. The summed E-state index contributed by atoms with van der Waals surface area (Å²) in [7, 11) is 0. The fraction of sp³-hybridized carbons (Fsp3) is 0.105. The van der Waals surface area contributed by atoms with Crippen LogP contribution in [0.25, 0.3) is 11.1 Å². The summed E-state index contributed by atoms with van der Waals surface area (Å²) in [5.41, 5.74) is 2.91. The molecule has 0 aliphatic heterocycles. The smallest absolute Gasteiger partial charge is 0.341 e. The first-order chi connectivity index (χ1) is 12.9. The van der Waals surface area contributed by atoms with Crippen molar-refractivity contribution in [1.82, 2.24) is 10.2 Å². The van der Waals surface area contributed by atoms with Crippen LogP contribution in [0.3, 0.4) is 0 Å². The van der Waals surface area contributed by atoms with Crippen molar-refractivity contribution in [1.29, 1.82) is 0 Å².